The van der Waals surface area contributed by atoms with Crippen LogP contribution in [0.2, 0.25) is 0 Å². The van der Waals surface area contributed by atoms with Gasteiger partial charge in [0.15, 0.2) is 0 Å². The number of rotatable bonds is 7. The molecule has 2 aromatic rings. The number of aryl methyl sites for hydroxylation is 1. The highest BCUT2D eigenvalue weighted by molar-refractivity contribution is 5.95. The number of carbonyl (C=O) groups excluding carboxylic acids is 2. The van der Waals surface area contributed by atoms with Gasteiger partial charge in [-0.3, -0.25) is 9.59 Å². The van der Waals surface area contributed by atoms with E-state index in [0.29, 0.717) is 32.7 Å². The molecule has 0 atom stereocenters. The van der Waals surface area contributed by atoms with Crippen LogP contribution in [0.5, 0.6) is 0 Å². The van der Waals surface area contributed by atoms with Crippen molar-refractivity contribution in [1.82, 2.24) is 5.32 Å². The van der Waals surface area contributed by atoms with E-state index < -0.39 is 0 Å². The molecule has 1 fully saturated rings. The monoisotopic (exact) mass is 395 g/mol. The summed E-state index contributed by atoms with van der Waals surface area (Å²) in [6, 6.07) is 15.8. The molecule has 29 heavy (non-hydrogen) atoms. The Bertz CT molecular complexity index is 847. The van der Waals surface area contributed by atoms with Crippen molar-refractivity contribution < 1.29 is 14.3 Å². The van der Waals surface area contributed by atoms with E-state index >= 15 is 0 Å². The fraction of sp³-hybridized carbons (Fsp3) is 0.391. The molecule has 1 heterocycles. The first-order valence-corrected chi connectivity index (χ1v) is 10.1. The van der Waals surface area contributed by atoms with Gasteiger partial charge >= 0.3 is 0 Å². The highest BCUT2D eigenvalue weighted by Crippen LogP contribution is 2.29. The average Bonchev–Trinajstić information content (AvgIpc) is 2.73. The summed E-state index contributed by atoms with van der Waals surface area (Å²) in [5, 5.41) is 2.95. The number of benzene rings is 2. The molecule has 0 saturated carbocycles. The van der Waals surface area contributed by atoms with E-state index in [1.165, 1.54) is 0 Å². The number of hydrogen-bond donors (Lipinski definition) is 1. The SMILES string of the molecule is CC(=O)N(CCNC(=O)Cc1ccccc1C)c1ccccc1N1CCOCC1. The van der Waals surface area contributed by atoms with Crippen LogP contribution in [0, 0.1) is 6.92 Å². The van der Waals surface area contributed by atoms with Gasteiger partial charge in [-0.25, -0.2) is 0 Å². The van der Waals surface area contributed by atoms with Crippen LogP contribution in [0.3, 0.4) is 0 Å². The summed E-state index contributed by atoms with van der Waals surface area (Å²) in [5.41, 5.74) is 4.02. The average molecular weight is 396 g/mol. The quantitative estimate of drug-likeness (QED) is 0.783. The van der Waals surface area contributed by atoms with Crippen LogP contribution in [-0.2, 0) is 20.7 Å². The van der Waals surface area contributed by atoms with Gasteiger partial charge in [-0.05, 0) is 30.2 Å². The van der Waals surface area contributed by atoms with Gasteiger partial charge in [0.1, 0.15) is 0 Å². The molecule has 6 heteroatoms. The first kappa shape index (κ1) is 20.9. The number of anilines is 2. The van der Waals surface area contributed by atoms with Crippen molar-refractivity contribution in [3.63, 3.8) is 0 Å². The van der Waals surface area contributed by atoms with Gasteiger partial charge in [0.05, 0.1) is 31.0 Å². The van der Waals surface area contributed by atoms with Crippen molar-refractivity contribution in [2.75, 3.05) is 49.2 Å². The first-order chi connectivity index (χ1) is 14.1. The van der Waals surface area contributed by atoms with Gasteiger partial charge in [-0.2, -0.15) is 0 Å². The normalized spacial score (nSPS) is 13.8. The molecule has 2 amide bonds. The lowest BCUT2D eigenvalue weighted by atomic mass is 10.1. The minimum absolute atomic E-state index is 0.0377. The number of nitrogens with zero attached hydrogens (tertiary/aromatic N) is 2. The summed E-state index contributed by atoms with van der Waals surface area (Å²) in [4.78, 5) is 28.7. The second-order valence-electron chi connectivity index (χ2n) is 7.21. The lowest BCUT2D eigenvalue weighted by Crippen LogP contribution is -2.41. The van der Waals surface area contributed by atoms with E-state index in [9.17, 15) is 9.59 Å². The van der Waals surface area contributed by atoms with Crippen LogP contribution in [0.25, 0.3) is 0 Å². The maximum Gasteiger partial charge on any atom is 0.224 e. The van der Waals surface area contributed by atoms with Crippen LogP contribution in [0.4, 0.5) is 11.4 Å². The van der Waals surface area contributed by atoms with Crippen molar-refractivity contribution in [3.05, 3.63) is 59.7 Å². The predicted octanol–water partition coefficient (Wildman–Crippen LogP) is 2.54. The van der Waals surface area contributed by atoms with Crippen LogP contribution in [0.15, 0.2) is 48.5 Å². The Morgan fingerprint density at radius 1 is 1.07 bits per heavy atom. The predicted molar refractivity (Wildman–Crippen MR) is 115 cm³/mol. The van der Waals surface area contributed by atoms with E-state index in [2.05, 4.69) is 10.2 Å². The fourth-order valence-corrected chi connectivity index (χ4v) is 3.56. The number of para-hydroxylation sites is 2. The Balaban J connectivity index is 1.63. The summed E-state index contributed by atoms with van der Waals surface area (Å²) in [5.74, 6) is -0.0804. The maximum atomic E-state index is 12.4. The van der Waals surface area contributed by atoms with Gasteiger partial charge in [-0.1, -0.05) is 36.4 Å². The van der Waals surface area contributed by atoms with Crippen molar-refractivity contribution in [2.24, 2.45) is 0 Å². The van der Waals surface area contributed by atoms with E-state index in [1.807, 2.05) is 55.5 Å². The molecule has 0 unspecified atom stereocenters. The van der Waals surface area contributed by atoms with Crippen molar-refractivity contribution >= 4 is 23.2 Å². The third kappa shape index (κ3) is 5.57. The van der Waals surface area contributed by atoms with Crippen LogP contribution in [0.1, 0.15) is 18.1 Å². The van der Waals surface area contributed by atoms with Crippen LogP contribution in [-0.4, -0.2) is 51.2 Å². The molecule has 1 aliphatic heterocycles. The fourth-order valence-electron chi connectivity index (χ4n) is 3.56. The number of morpholine rings is 1. The number of hydrogen-bond acceptors (Lipinski definition) is 4. The van der Waals surface area contributed by atoms with E-state index in [4.69, 9.17) is 4.74 Å². The Kier molecular flexibility index (Phi) is 7.25. The number of carbonyl (C=O) groups is 2. The number of nitrogens with one attached hydrogen (secondary N) is 1. The second kappa shape index (κ2) is 10.1. The van der Waals surface area contributed by atoms with Crippen molar-refractivity contribution in [1.29, 1.82) is 0 Å². The third-order valence-electron chi connectivity index (χ3n) is 5.17. The molecule has 6 nitrogen and oxygen atoms in total. The number of ether oxygens (including phenoxy) is 1. The van der Waals surface area contributed by atoms with E-state index in [0.717, 1.165) is 35.6 Å². The summed E-state index contributed by atoms with van der Waals surface area (Å²) < 4.78 is 5.45. The molecule has 0 aliphatic carbocycles. The molecule has 0 aromatic heterocycles. The van der Waals surface area contributed by atoms with E-state index in [-0.39, 0.29) is 11.8 Å². The first-order valence-electron chi connectivity index (χ1n) is 10.1. The molecule has 3 rings (SSSR count). The van der Waals surface area contributed by atoms with Crippen LogP contribution < -0.4 is 15.1 Å². The molecule has 1 saturated heterocycles. The summed E-state index contributed by atoms with van der Waals surface area (Å²) in [7, 11) is 0. The summed E-state index contributed by atoms with van der Waals surface area (Å²) >= 11 is 0. The molecular weight excluding hydrogens is 366 g/mol. The third-order valence-corrected chi connectivity index (χ3v) is 5.17. The van der Waals surface area contributed by atoms with E-state index in [1.54, 1.807) is 11.8 Å². The zero-order chi connectivity index (χ0) is 20.6. The van der Waals surface area contributed by atoms with Crippen molar-refractivity contribution in [3.8, 4) is 0 Å². The van der Waals surface area contributed by atoms with Gasteiger partial charge < -0.3 is 19.9 Å². The highest BCUT2D eigenvalue weighted by Gasteiger charge is 2.20. The minimum atomic E-state index is -0.0427. The molecule has 0 bridgehead atoms. The lowest BCUT2D eigenvalue weighted by Gasteiger charge is -2.33. The molecule has 154 valence electrons. The largest absolute Gasteiger partial charge is 0.378 e. The zero-order valence-electron chi connectivity index (χ0n) is 17.2. The maximum absolute atomic E-state index is 12.4. The standard InChI is InChI=1S/C23H29N3O3/c1-18-7-3-4-8-20(18)17-23(28)24-11-12-26(19(2)27)22-10-6-5-9-21(22)25-13-15-29-16-14-25/h3-10H,11-17H2,1-2H3,(H,24,28). The molecule has 0 spiro atoms. The second-order valence-corrected chi connectivity index (χ2v) is 7.21. The molecule has 1 aliphatic rings. The Morgan fingerprint density at radius 3 is 2.48 bits per heavy atom. The Labute approximate surface area is 172 Å². The van der Waals surface area contributed by atoms with Gasteiger partial charge in [0, 0.05) is 33.1 Å². The van der Waals surface area contributed by atoms with Gasteiger partial charge in [-0.15, -0.1) is 0 Å². The molecular formula is C23H29N3O3. The topological polar surface area (TPSA) is 61.9 Å². The van der Waals surface area contributed by atoms with Gasteiger partial charge in [0.2, 0.25) is 11.8 Å². The highest BCUT2D eigenvalue weighted by atomic mass is 16.5. The smallest absolute Gasteiger partial charge is 0.224 e. The Hall–Kier alpha value is -2.86. The summed E-state index contributed by atoms with van der Waals surface area (Å²) in [6.07, 6.45) is 0.344. The Morgan fingerprint density at radius 2 is 1.76 bits per heavy atom. The zero-order valence-corrected chi connectivity index (χ0v) is 17.2. The minimum Gasteiger partial charge on any atom is -0.378 e. The lowest BCUT2D eigenvalue weighted by molar-refractivity contribution is -0.121. The van der Waals surface area contributed by atoms with Gasteiger partial charge in [0.25, 0.3) is 0 Å². The molecule has 2 aromatic carbocycles. The molecule has 1 N–H and O–H groups in total. The van der Waals surface area contributed by atoms with Crippen LogP contribution >= 0.6 is 0 Å². The van der Waals surface area contributed by atoms with Crippen molar-refractivity contribution in [2.45, 2.75) is 20.3 Å². The number of amides is 2. The summed E-state index contributed by atoms with van der Waals surface area (Å²) in [6.45, 7) is 7.37. The molecule has 0 radical (unpaired) electrons.